The van der Waals surface area contributed by atoms with Crippen molar-refractivity contribution in [1.82, 2.24) is 4.90 Å². The number of rotatable bonds is 10. The molecule has 3 atom stereocenters. The highest BCUT2D eigenvalue weighted by Gasteiger charge is 2.42. The Labute approximate surface area is 188 Å². The minimum Gasteiger partial charge on any atom is -0.494 e. The molecule has 1 amide bonds. The molecule has 1 aliphatic carbocycles. The molecule has 31 heavy (non-hydrogen) atoms. The number of anilines is 1. The molecule has 1 aliphatic heterocycles. The summed E-state index contributed by atoms with van der Waals surface area (Å²) in [6.45, 7) is 11.5. The molecule has 1 heterocycles. The lowest BCUT2D eigenvalue weighted by atomic mass is 9.78. The van der Waals surface area contributed by atoms with E-state index in [1.165, 1.54) is 32.4 Å². The van der Waals surface area contributed by atoms with Crippen LogP contribution in [0.5, 0.6) is 5.75 Å². The van der Waals surface area contributed by atoms with E-state index in [1.54, 1.807) is 0 Å². The van der Waals surface area contributed by atoms with Crippen molar-refractivity contribution in [3.05, 3.63) is 24.3 Å². The van der Waals surface area contributed by atoms with Crippen LogP contribution in [0.15, 0.2) is 24.3 Å². The van der Waals surface area contributed by atoms with E-state index in [0.717, 1.165) is 62.6 Å². The molecule has 5 nitrogen and oxygen atoms in total. The van der Waals surface area contributed by atoms with E-state index >= 15 is 0 Å². The van der Waals surface area contributed by atoms with Gasteiger partial charge in [-0.15, -0.1) is 0 Å². The zero-order chi connectivity index (χ0) is 22.1. The van der Waals surface area contributed by atoms with Gasteiger partial charge in [0.05, 0.1) is 6.61 Å². The highest BCUT2D eigenvalue weighted by molar-refractivity contribution is 5.97. The minimum atomic E-state index is -0.686. The van der Waals surface area contributed by atoms with Gasteiger partial charge in [-0.2, -0.15) is 0 Å². The Morgan fingerprint density at radius 3 is 2.61 bits per heavy atom. The third-order valence-electron chi connectivity index (χ3n) is 6.69. The van der Waals surface area contributed by atoms with E-state index in [0.29, 0.717) is 12.5 Å². The summed E-state index contributed by atoms with van der Waals surface area (Å²) in [4.78, 5) is 15.7. The average Bonchev–Trinajstić information content (AvgIpc) is 2.76. The molecule has 5 heteroatoms. The molecular weight excluding hydrogens is 388 g/mol. The maximum atomic E-state index is 13.1. The number of piperidine rings is 1. The largest absolute Gasteiger partial charge is 0.494 e. The summed E-state index contributed by atoms with van der Waals surface area (Å²) in [6.07, 6.45) is 8.47. The molecule has 2 aliphatic rings. The fourth-order valence-electron chi connectivity index (χ4n) is 5.05. The van der Waals surface area contributed by atoms with Crippen LogP contribution in [0.1, 0.15) is 72.1 Å². The Morgan fingerprint density at radius 2 is 1.90 bits per heavy atom. The predicted octanol–water partition coefficient (Wildman–Crippen LogP) is 5.50. The highest BCUT2D eigenvalue weighted by Crippen LogP contribution is 2.36. The van der Waals surface area contributed by atoms with E-state index in [4.69, 9.17) is 9.47 Å². The summed E-state index contributed by atoms with van der Waals surface area (Å²) in [5.74, 6) is 2.19. The van der Waals surface area contributed by atoms with Gasteiger partial charge in [0, 0.05) is 25.4 Å². The van der Waals surface area contributed by atoms with Crippen LogP contribution in [-0.4, -0.2) is 49.3 Å². The van der Waals surface area contributed by atoms with Gasteiger partial charge in [0.1, 0.15) is 11.4 Å². The Morgan fingerprint density at radius 1 is 1.13 bits per heavy atom. The number of nitrogens with one attached hydrogen (secondary N) is 1. The van der Waals surface area contributed by atoms with E-state index in [2.05, 4.69) is 31.0 Å². The summed E-state index contributed by atoms with van der Waals surface area (Å²) in [5.41, 5.74) is 0.117. The molecule has 1 aromatic carbocycles. The van der Waals surface area contributed by atoms with Crippen molar-refractivity contribution < 1.29 is 14.3 Å². The van der Waals surface area contributed by atoms with Gasteiger partial charge >= 0.3 is 0 Å². The van der Waals surface area contributed by atoms with Gasteiger partial charge in [0.2, 0.25) is 0 Å². The highest BCUT2D eigenvalue weighted by atomic mass is 16.5. The number of hydrogen-bond donors (Lipinski definition) is 1. The van der Waals surface area contributed by atoms with Crippen LogP contribution in [0.3, 0.4) is 0 Å². The van der Waals surface area contributed by atoms with E-state index in [9.17, 15) is 4.79 Å². The van der Waals surface area contributed by atoms with Gasteiger partial charge in [0.25, 0.3) is 5.91 Å². The lowest BCUT2D eigenvalue weighted by Crippen LogP contribution is -2.48. The quantitative estimate of drug-likeness (QED) is 0.498. The van der Waals surface area contributed by atoms with Crippen molar-refractivity contribution >= 4 is 11.6 Å². The van der Waals surface area contributed by atoms with E-state index in [1.807, 2.05) is 24.3 Å². The maximum absolute atomic E-state index is 13.1. The fourth-order valence-corrected chi connectivity index (χ4v) is 5.05. The molecule has 1 saturated heterocycles. The molecule has 1 N–H and O–H groups in total. The first kappa shape index (κ1) is 24.1. The third kappa shape index (κ3) is 7.21. The molecule has 0 unspecified atom stereocenters. The molecule has 3 rings (SSSR count). The summed E-state index contributed by atoms with van der Waals surface area (Å²) in [5, 5.41) is 3.10. The van der Waals surface area contributed by atoms with Crippen molar-refractivity contribution in [3.8, 4) is 5.75 Å². The zero-order valence-corrected chi connectivity index (χ0v) is 19.8. The Balaban J connectivity index is 1.46. The first-order valence-electron chi connectivity index (χ1n) is 12.4. The van der Waals surface area contributed by atoms with Crippen molar-refractivity contribution in [3.63, 3.8) is 0 Å². The summed E-state index contributed by atoms with van der Waals surface area (Å²) < 4.78 is 12.1. The molecule has 0 aromatic heterocycles. The monoisotopic (exact) mass is 430 g/mol. The fraction of sp³-hybridized carbons (Fsp3) is 0.731. The van der Waals surface area contributed by atoms with Crippen LogP contribution >= 0.6 is 0 Å². The van der Waals surface area contributed by atoms with Gasteiger partial charge in [-0.05, 0) is 87.6 Å². The number of likely N-dealkylation sites (tertiary alicyclic amines) is 1. The molecule has 0 bridgehead atoms. The van der Waals surface area contributed by atoms with Crippen LogP contribution in [0.4, 0.5) is 5.69 Å². The van der Waals surface area contributed by atoms with Gasteiger partial charge in [-0.1, -0.05) is 27.2 Å². The normalized spacial score (nSPS) is 27.1. The molecule has 1 aromatic rings. The van der Waals surface area contributed by atoms with Crippen LogP contribution < -0.4 is 10.1 Å². The minimum absolute atomic E-state index is 0.00284. The Kier molecular flexibility index (Phi) is 9.21. The number of amides is 1. The second-order valence-corrected chi connectivity index (χ2v) is 9.77. The van der Waals surface area contributed by atoms with Crippen LogP contribution in [0.25, 0.3) is 0 Å². The smallest absolute Gasteiger partial charge is 0.256 e. The Bertz CT molecular complexity index is 678. The van der Waals surface area contributed by atoms with Crippen LogP contribution in [0, 0.1) is 11.8 Å². The SMILES string of the molecule is CCCO[C@]1(C(=O)Nc2ccc(OCCCN3CCC[C@@H](C)C3)cc2)CCC[C@@H](C)C1. The van der Waals surface area contributed by atoms with Crippen molar-refractivity contribution in [2.75, 3.05) is 38.2 Å². The number of carbonyl (C=O) groups excluding carboxylic acids is 1. The van der Waals surface area contributed by atoms with Gasteiger partial charge in [-0.25, -0.2) is 0 Å². The van der Waals surface area contributed by atoms with Crippen molar-refractivity contribution in [1.29, 1.82) is 0 Å². The third-order valence-corrected chi connectivity index (χ3v) is 6.69. The topological polar surface area (TPSA) is 50.8 Å². The second kappa shape index (κ2) is 11.9. The number of ether oxygens (including phenoxy) is 2. The van der Waals surface area contributed by atoms with E-state index < -0.39 is 5.60 Å². The molecule has 0 radical (unpaired) electrons. The molecule has 174 valence electrons. The average molecular weight is 431 g/mol. The molecule has 0 spiro atoms. The second-order valence-electron chi connectivity index (χ2n) is 9.77. The first-order chi connectivity index (χ1) is 15.0. The number of hydrogen-bond acceptors (Lipinski definition) is 4. The summed E-state index contributed by atoms with van der Waals surface area (Å²) in [6, 6.07) is 7.75. The lowest BCUT2D eigenvalue weighted by Gasteiger charge is -2.38. The van der Waals surface area contributed by atoms with Gasteiger partial charge in [-0.3, -0.25) is 4.79 Å². The summed E-state index contributed by atoms with van der Waals surface area (Å²) in [7, 11) is 0. The van der Waals surface area contributed by atoms with Gasteiger partial charge < -0.3 is 19.7 Å². The zero-order valence-electron chi connectivity index (χ0n) is 19.8. The standard InChI is InChI=1S/C26H42N2O3/c1-4-17-31-26(14-5-8-21(2)19-26)25(29)27-23-10-12-24(13-11-23)30-18-7-16-28-15-6-9-22(3)20-28/h10-13,21-22H,4-9,14-20H2,1-3H3,(H,27,29)/t21-,22-,26-/m1/s1. The first-order valence-corrected chi connectivity index (χ1v) is 12.4. The van der Waals surface area contributed by atoms with Gasteiger partial charge in [0.15, 0.2) is 0 Å². The lowest BCUT2D eigenvalue weighted by molar-refractivity contribution is -0.148. The van der Waals surface area contributed by atoms with Crippen molar-refractivity contribution in [2.24, 2.45) is 11.8 Å². The van der Waals surface area contributed by atoms with Crippen molar-refractivity contribution in [2.45, 2.75) is 77.7 Å². The Hall–Kier alpha value is -1.59. The predicted molar refractivity (Wildman–Crippen MR) is 127 cm³/mol. The maximum Gasteiger partial charge on any atom is 0.256 e. The number of carbonyl (C=O) groups is 1. The number of nitrogens with zero attached hydrogens (tertiary/aromatic N) is 1. The summed E-state index contributed by atoms with van der Waals surface area (Å²) >= 11 is 0. The van der Waals surface area contributed by atoms with E-state index in [-0.39, 0.29) is 5.91 Å². The molecular formula is C26H42N2O3. The van der Waals surface area contributed by atoms with Crippen LogP contribution in [-0.2, 0) is 9.53 Å². The molecule has 1 saturated carbocycles. The van der Waals surface area contributed by atoms with Crippen LogP contribution in [0.2, 0.25) is 0 Å². The number of benzene rings is 1. The molecule has 2 fully saturated rings.